The fourth-order valence-corrected chi connectivity index (χ4v) is 3.80. The molecule has 6 heteroatoms. The molecule has 1 saturated heterocycles. The number of H-pyrrole nitrogens is 1. The third-order valence-electron chi connectivity index (χ3n) is 5.06. The summed E-state index contributed by atoms with van der Waals surface area (Å²) in [4.78, 5) is 6.01. The summed E-state index contributed by atoms with van der Waals surface area (Å²) in [7, 11) is 0. The zero-order valence-electron chi connectivity index (χ0n) is 14.4. The van der Waals surface area contributed by atoms with Crippen molar-refractivity contribution < 1.29 is 8.83 Å². The lowest BCUT2D eigenvalue weighted by Gasteiger charge is -2.34. The van der Waals surface area contributed by atoms with E-state index in [-0.39, 0.29) is 0 Å². The molecule has 5 rings (SSSR count). The smallest absolute Gasteiger partial charge is 0.283 e. The Labute approximate surface area is 150 Å². The Morgan fingerprint density at radius 2 is 2.08 bits per heavy atom. The maximum absolute atomic E-state index is 5.81. The predicted octanol–water partition coefficient (Wildman–Crippen LogP) is 4.54. The van der Waals surface area contributed by atoms with E-state index in [9.17, 15) is 0 Å². The van der Waals surface area contributed by atoms with Gasteiger partial charge in [-0.2, -0.15) is 0 Å². The molecule has 1 aliphatic rings. The molecule has 4 aromatic rings. The Morgan fingerprint density at radius 3 is 2.96 bits per heavy atom. The van der Waals surface area contributed by atoms with Crippen LogP contribution in [-0.4, -0.2) is 26.6 Å². The second kappa shape index (κ2) is 6.46. The van der Waals surface area contributed by atoms with Gasteiger partial charge in [0.2, 0.25) is 5.89 Å². The first-order valence-corrected chi connectivity index (χ1v) is 9.05. The van der Waals surface area contributed by atoms with Crippen molar-refractivity contribution in [3.8, 4) is 11.7 Å². The quantitative estimate of drug-likeness (QED) is 0.586. The number of likely N-dealkylation sites (tertiary alicyclic amines) is 1. The van der Waals surface area contributed by atoms with Gasteiger partial charge in [0.05, 0.1) is 18.8 Å². The van der Waals surface area contributed by atoms with E-state index in [1.807, 2.05) is 12.1 Å². The standard InChI is InChI=1S/C20H20N4O2/c1-2-7-15-14(6-1)12-16(21-15)17-8-3-4-10-24(17)13-19-22-23-20(26-19)18-9-5-11-25-18/h1-2,5-7,9,11-12,17,21H,3-4,8,10,13H2. The number of hydrogen-bond acceptors (Lipinski definition) is 5. The van der Waals surface area contributed by atoms with Crippen LogP contribution in [0.4, 0.5) is 0 Å². The molecule has 6 nitrogen and oxygen atoms in total. The van der Waals surface area contributed by atoms with Crippen LogP contribution in [-0.2, 0) is 6.54 Å². The first kappa shape index (κ1) is 15.4. The first-order valence-electron chi connectivity index (χ1n) is 9.05. The SMILES string of the molecule is c1coc(-c2nnc(CN3CCCCC3c3cc4ccccc4[nH]3)o2)c1. The summed E-state index contributed by atoms with van der Waals surface area (Å²) in [6.07, 6.45) is 5.16. The van der Waals surface area contributed by atoms with Gasteiger partial charge in [-0.15, -0.1) is 10.2 Å². The lowest BCUT2D eigenvalue weighted by atomic mass is 9.99. The van der Waals surface area contributed by atoms with Gasteiger partial charge in [-0.05, 0) is 49.0 Å². The van der Waals surface area contributed by atoms with Crippen LogP contribution in [0.2, 0.25) is 0 Å². The van der Waals surface area contributed by atoms with Gasteiger partial charge in [0.25, 0.3) is 5.89 Å². The molecule has 4 heterocycles. The molecular weight excluding hydrogens is 328 g/mol. The molecule has 1 N–H and O–H groups in total. The fraction of sp³-hybridized carbons (Fsp3) is 0.300. The molecule has 1 atom stereocenters. The number of furan rings is 1. The van der Waals surface area contributed by atoms with E-state index in [1.165, 1.54) is 29.4 Å². The van der Waals surface area contributed by atoms with Crippen LogP contribution in [0.15, 0.2) is 57.6 Å². The van der Waals surface area contributed by atoms with Crippen molar-refractivity contribution in [2.75, 3.05) is 6.54 Å². The molecule has 0 aliphatic carbocycles. The highest BCUT2D eigenvalue weighted by atomic mass is 16.4. The van der Waals surface area contributed by atoms with E-state index in [0.717, 1.165) is 13.0 Å². The van der Waals surface area contributed by atoms with Crippen LogP contribution in [0.3, 0.4) is 0 Å². The van der Waals surface area contributed by atoms with Crippen molar-refractivity contribution in [1.29, 1.82) is 0 Å². The summed E-state index contributed by atoms with van der Waals surface area (Å²) in [5.74, 6) is 1.66. The van der Waals surface area contributed by atoms with Gasteiger partial charge in [-0.3, -0.25) is 4.90 Å². The average Bonchev–Trinajstić information content (AvgIpc) is 3.42. The van der Waals surface area contributed by atoms with E-state index in [0.29, 0.717) is 30.1 Å². The Bertz CT molecular complexity index is 969. The van der Waals surface area contributed by atoms with E-state index in [4.69, 9.17) is 8.83 Å². The van der Waals surface area contributed by atoms with Crippen LogP contribution in [0, 0.1) is 0 Å². The molecule has 1 aromatic carbocycles. The third-order valence-corrected chi connectivity index (χ3v) is 5.06. The Morgan fingerprint density at radius 1 is 1.12 bits per heavy atom. The van der Waals surface area contributed by atoms with Crippen molar-refractivity contribution in [3.63, 3.8) is 0 Å². The fourth-order valence-electron chi connectivity index (χ4n) is 3.80. The monoisotopic (exact) mass is 348 g/mol. The number of rotatable bonds is 4. The highest BCUT2D eigenvalue weighted by Gasteiger charge is 2.27. The van der Waals surface area contributed by atoms with Gasteiger partial charge in [-0.25, -0.2) is 0 Å². The number of nitrogens with zero attached hydrogens (tertiary/aromatic N) is 3. The number of nitrogens with one attached hydrogen (secondary N) is 1. The van der Waals surface area contributed by atoms with E-state index in [1.54, 1.807) is 6.26 Å². The summed E-state index contributed by atoms with van der Waals surface area (Å²) < 4.78 is 11.1. The molecule has 0 spiro atoms. The highest BCUT2D eigenvalue weighted by Crippen LogP contribution is 2.33. The van der Waals surface area contributed by atoms with Crippen LogP contribution < -0.4 is 0 Å². The van der Waals surface area contributed by atoms with Crippen LogP contribution in [0.5, 0.6) is 0 Å². The van der Waals surface area contributed by atoms with Gasteiger partial charge in [-0.1, -0.05) is 24.6 Å². The first-order chi connectivity index (χ1) is 12.9. The van der Waals surface area contributed by atoms with Gasteiger partial charge in [0.15, 0.2) is 5.76 Å². The molecule has 0 radical (unpaired) electrons. The number of aromatic nitrogens is 3. The Balaban J connectivity index is 1.39. The third kappa shape index (κ3) is 2.82. The maximum Gasteiger partial charge on any atom is 0.283 e. The molecule has 3 aromatic heterocycles. The molecule has 0 saturated carbocycles. The number of para-hydroxylation sites is 1. The van der Waals surface area contributed by atoms with Crippen molar-refractivity contribution in [3.05, 3.63) is 60.3 Å². The second-order valence-corrected chi connectivity index (χ2v) is 6.77. The molecule has 0 bridgehead atoms. The number of hydrogen-bond donors (Lipinski definition) is 1. The average molecular weight is 348 g/mol. The molecular formula is C20H20N4O2. The number of aromatic amines is 1. The second-order valence-electron chi connectivity index (χ2n) is 6.77. The Hall–Kier alpha value is -2.86. The number of benzene rings is 1. The van der Waals surface area contributed by atoms with E-state index in [2.05, 4.69) is 50.4 Å². The van der Waals surface area contributed by atoms with Crippen molar-refractivity contribution in [1.82, 2.24) is 20.1 Å². The van der Waals surface area contributed by atoms with Crippen LogP contribution >= 0.6 is 0 Å². The van der Waals surface area contributed by atoms with Gasteiger partial charge >= 0.3 is 0 Å². The molecule has 1 aliphatic heterocycles. The topological polar surface area (TPSA) is 71.1 Å². The van der Waals surface area contributed by atoms with Crippen molar-refractivity contribution in [2.45, 2.75) is 31.8 Å². The highest BCUT2D eigenvalue weighted by molar-refractivity contribution is 5.80. The van der Waals surface area contributed by atoms with Gasteiger partial charge in [0, 0.05) is 11.2 Å². The molecule has 1 fully saturated rings. The molecule has 1 unspecified atom stereocenters. The largest absolute Gasteiger partial charge is 0.459 e. The normalized spacial score (nSPS) is 18.5. The summed E-state index contributed by atoms with van der Waals surface area (Å²) >= 11 is 0. The summed E-state index contributed by atoms with van der Waals surface area (Å²) in [5, 5.41) is 9.58. The molecule has 26 heavy (non-hydrogen) atoms. The predicted molar refractivity (Wildman–Crippen MR) is 97.3 cm³/mol. The number of fused-ring (bicyclic) bond motifs is 1. The Kier molecular flexibility index (Phi) is 3.83. The van der Waals surface area contributed by atoms with Crippen molar-refractivity contribution >= 4 is 10.9 Å². The van der Waals surface area contributed by atoms with Gasteiger partial charge < -0.3 is 13.8 Å². The summed E-state index contributed by atoms with van der Waals surface area (Å²) in [6, 6.07) is 14.7. The van der Waals surface area contributed by atoms with Gasteiger partial charge in [0.1, 0.15) is 0 Å². The molecule has 132 valence electrons. The zero-order valence-corrected chi connectivity index (χ0v) is 14.4. The zero-order chi connectivity index (χ0) is 17.3. The van der Waals surface area contributed by atoms with E-state index >= 15 is 0 Å². The maximum atomic E-state index is 5.81. The summed E-state index contributed by atoms with van der Waals surface area (Å²) in [6.45, 7) is 1.67. The lowest BCUT2D eigenvalue weighted by Crippen LogP contribution is -2.33. The molecule has 0 amide bonds. The minimum atomic E-state index is 0.343. The summed E-state index contributed by atoms with van der Waals surface area (Å²) in [5.41, 5.74) is 2.45. The number of piperidine rings is 1. The van der Waals surface area contributed by atoms with E-state index < -0.39 is 0 Å². The lowest BCUT2D eigenvalue weighted by molar-refractivity contribution is 0.125. The van der Waals surface area contributed by atoms with Crippen LogP contribution in [0.1, 0.15) is 36.9 Å². The van der Waals surface area contributed by atoms with Crippen molar-refractivity contribution in [2.24, 2.45) is 0 Å². The minimum absolute atomic E-state index is 0.343. The van der Waals surface area contributed by atoms with Crippen LogP contribution in [0.25, 0.3) is 22.6 Å². The minimum Gasteiger partial charge on any atom is -0.459 e.